The van der Waals surface area contributed by atoms with Crippen molar-refractivity contribution in [2.75, 3.05) is 37.7 Å². The number of aliphatic hydroxyl groups excluding tert-OH is 1. The van der Waals surface area contributed by atoms with Crippen LogP contribution >= 0.6 is 11.6 Å². The first-order valence-corrected chi connectivity index (χ1v) is 13.7. The predicted molar refractivity (Wildman–Crippen MR) is 146 cm³/mol. The number of carbonyl (C=O) groups excluding carboxylic acids is 2. The number of benzene rings is 1. The van der Waals surface area contributed by atoms with Gasteiger partial charge in [0.25, 0.3) is 5.91 Å². The van der Waals surface area contributed by atoms with Crippen molar-refractivity contribution >= 4 is 29.4 Å². The molecule has 10 nitrogen and oxygen atoms in total. The number of amides is 2. The first-order chi connectivity index (χ1) is 18.7. The van der Waals surface area contributed by atoms with Crippen LogP contribution in [0.4, 0.5) is 15.0 Å². The molecule has 3 aliphatic heterocycles. The number of rotatable bonds is 2. The van der Waals surface area contributed by atoms with Gasteiger partial charge in [-0.1, -0.05) is 17.7 Å². The molecule has 2 N–H and O–H groups in total. The van der Waals surface area contributed by atoms with Gasteiger partial charge in [0.15, 0.2) is 5.75 Å². The number of anilines is 1. The summed E-state index contributed by atoms with van der Waals surface area (Å²) < 4.78 is 26.7. The number of aliphatic hydroxyl groups is 1. The van der Waals surface area contributed by atoms with Crippen LogP contribution in [0.15, 0.2) is 18.2 Å². The van der Waals surface area contributed by atoms with Crippen molar-refractivity contribution in [2.45, 2.75) is 64.3 Å². The lowest BCUT2D eigenvalue weighted by Gasteiger charge is -2.40. The largest absolute Gasteiger partial charge is 0.507 e. The fourth-order valence-corrected chi connectivity index (χ4v) is 5.78. The topological polar surface area (TPSA) is 116 Å². The molecular weight excluding hydrogens is 543 g/mol. The molecule has 0 spiro atoms. The van der Waals surface area contributed by atoms with Gasteiger partial charge < -0.3 is 34.4 Å². The number of phenolic OH excluding ortho intramolecular Hbond substituents is 1. The summed E-state index contributed by atoms with van der Waals surface area (Å²) in [6, 6.07) is 3.36. The van der Waals surface area contributed by atoms with E-state index in [2.05, 4.69) is 4.98 Å². The highest BCUT2D eigenvalue weighted by Gasteiger charge is 2.46. The Balaban J connectivity index is 1.62. The Morgan fingerprint density at radius 2 is 1.95 bits per heavy atom. The molecule has 2 saturated heterocycles. The number of hydrogen-bond acceptors (Lipinski definition) is 8. The summed E-state index contributed by atoms with van der Waals surface area (Å²) in [4.78, 5) is 36.6. The average Bonchev–Trinajstić information content (AvgIpc) is 3.04. The van der Waals surface area contributed by atoms with Crippen molar-refractivity contribution in [3.05, 3.63) is 34.6 Å². The molecular formula is C28H34ClFN4O6. The van der Waals surface area contributed by atoms with Gasteiger partial charge in [-0.15, -0.1) is 0 Å². The van der Waals surface area contributed by atoms with E-state index in [-0.39, 0.29) is 65.4 Å². The molecule has 40 heavy (non-hydrogen) atoms. The molecule has 1 aromatic heterocycles. The lowest BCUT2D eigenvalue weighted by molar-refractivity contribution is 0.000952. The number of piperazine rings is 1. The lowest BCUT2D eigenvalue weighted by Crippen LogP contribution is -2.58. The number of hydrogen-bond donors (Lipinski definition) is 2. The molecule has 2 fully saturated rings. The zero-order valence-corrected chi connectivity index (χ0v) is 24.0. The fraction of sp³-hybridized carbons (Fsp3) is 0.536. The molecule has 5 rings (SSSR count). The monoisotopic (exact) mass is 576 g/mol. The van der Waals surface area contributed by atoms with E-state index in [0.29, 0.717) is 13.0 Å². The number of nitrogens with zero attached hydrogens (tertiary/aromatic N) is 4. The summed E-state index contributed by atoms with van der Waals surface area (Å²) in [5.74, 6) is -1.31. The number of halogens is 2. The maximum atomic E-state index is 15.0. The van der Waals surface area contributed by atoms with E-state index in [0.717, 1.165) is 0 Å². The Morgan fingerprint density at radius 1 is 1.23 bits per heavy atom. The highest BCUT2D eigenvalue weighted by atomic mass is 35.5. The van der Waals surface area contributed by atoms with Crippen LogP contribution in [0.5, 0.6) is 11.5 Å². The van der Waals surface area contributed by atoms with Crippen molar-refractivity contribution in [2.24, 2.45) is 0 Å². The average molecular weight is 577 g/mol. The first-order valence-electron chi connectivity index (χ1n) is 13.3. The predicted octanol–water partition coefficient (Wildman–Crippen LogP) is 4.05. The quantitative estimate of drug-likeness (QED) is 0.550. The molecule has 2 unspecified atom stereocenters. The summed E-state index contributed by atoms with van der Waals surface area (Å²) in [6.45, 7) is 10.1. The molecule has 2 aromatic rings. The molecule has 1 aromatic carbocycles. The van der Waals surface area contributed by atoms with E-state index in [1.54, 1.807) is 35.5 Å². The molecule has 4 heterocycles. The summed E-state index contributed by atoms with van der Waals surface area (Å²) in [5.41, 5.74) is -1.69. The van der Waals surface area contributed by atoms with E-state index in [4.69, 9.17) is 21.1 Å². The van der Waals surface area contributed by atoms with Gasteiger partial charge in [0.05, 0.1) is 23.2 Å². The molecule has 216 valence electrons. The zero-order chi connectivity index (χ0) is 29.1. The number of aromatic nitrogens is 1. The van der Waals surface area contributed by atoms with Crippen LogP contribution in [0, 0.1) is 5.82 Å². The highest BCUT2D eigenvalue weighted by Crippen LogP contribution is 2.48. The normalized spacial score (nSPS) is 22.4. The van der Waals surface area contributed by atoms with Crippen LogP contribution in [0.1, 0.15) is 51.4 Å². The van der Waals surface area contributed by atoms with E-state index in [1.807, 2.05) is 13.8 Å². The number of fused-ring (bicyclic) bond motifs is 2. The second kappa shape index (κ2) is 9.95. The van der Waals surface area contributed by atoms with Crippen LogP contribution < -0.4 is 9.64 Å². The maximum absolute atomic E-state index is 15.0. The molecule has 0 radical (unpaired) electrons. The van der Waals surface area contributed by atoms with Crippen LogP contribution in [-0.4, -0.2) is 93.1 Å². The second-order valence-electron chi connectivity index (χ2n) is 11.9. The van der Waals surface area contributed by atoms with Crippen molar-refractivity contribution in [3.8, 4) is 22.8 Å². The third kappa shape index (κ3) is 4.79. The molecule has 2 amide bonds. The van der Waals surface area contributed by atoms with Crippen LogP contribution in [-0.2, 0) is 4.74 Å². The Kier molecular flexibility index (Phi) is 7.02. The maximum Gasteiger partial charge on any atom is 0.410 e. The van der Waals surface area contributed by atoms with Crippen molar-refractivity contribution in [3.63, 3.8) is 0 Å². The van der Waals surface area contributed by atoms with Gasteiger partial charge in [-0.05, 0) is 53.2 Å². The number of carbonyl (C=O) groups is 2. The summed E-state index contributed by atoms with van der Waals surface area (Å²) in [7, 11) is 0. The van der Waals surface area contributed by atoms with Crippen LogP contribution in [0.25, 0.3) is 11.3 Å². The smallest absolute Gasteiger partial charge is 0.410 e. The molecule has 0 bridgehead atoms. The number of phenols is 1. The fourth-order valence-electron chi connectivity index (χ4n) is 5.50. The van der Waals surface area contributed by atoms with Gasteiger partial charge in [0, 0.05) is 26.2 Å². The minimum absolute atomic E-state index is 0.00984. The zero-order valence-electron chi connectivity index (χ0n) is 23.2. The number of pyridine rings is 1. The summed E-state index contributed by atoms with van der Waals surface area (Å²) in [5, 5.41) is 21.2. The summed E-state index contributed by atoms with van der Waals surface area (Å²) >= 11 is 6.78. The minimum atomic E-state index is -0.815. The number of ether oxygens (including phenoxy) is 2. The van der Waals surface area contributed by atoms with Gasteiger partial charge in [-0.3, -0.25) is 4.79 Å². The van der Waals surface area contributed by atoms with Gasteiger partial charge in [-0.25, -0.2) is 14.2 Å². The Hall–Kier alpha value is -3.31. The summed E-state index contributed by atoms with van der Waals surface area (Å²) in [6.07, 6.45) is -0.761. The molecule has 3 aliphatic rings. The van der Waals surface area contributed by atoms with Gasteiger partial charge in [-0.2, -0.15) is 0 Å². The Morgan fingerprint density at radius 3 is 2.58 bits per heavy atom. The third-order valence-electron chi connectivity index (χ3n) is 7.73. The minimum Gasteiger partial charge on any atom is -0.507 e. The van der Waals surface area contributed by atoms with Gasteiger partial charge in [0.2, 0.25) is 0 Å². The van der Waals surface area contributed by atoms with Gasteiger partial charge >= 0.3 is 6.09 Å². The molecule has 0 saturated carbocycles. The van der Waals surface area contributed by atoms with E-state index < -0.39 is 41.1 Å². The van der Waals surface area contributed by atoms with Crippen molar-refractivity contribution in [1.82, 2.24) is 14.8 Å². The third-order valence-corrected chi connectivity index (χ3v) is 8.08. The molecule has 0 aliphatic carbocycles. The second-order valence-corrected chi connectivity index (χ2v) is 12.3. The van der Waals surface area contributed by atoms with Crippen molar-refractivity contribution in [1.29, 1.82) is 0 Å². The lowest BCUT2D eigenvalue weighted by atomic mass is 9.97. The standard InChI is InChI=1S/C28H34ClFN4O6/c1-27(2,3)40-26(38)32-11-12-33-15(13-32)14-39-23-20(25(33)37)24(34-10-9-18(36)28(34,4)5)31-22(21(23)29)19-16(30)7-6-8-17(19)35/h6-8,15,18,35-36H,9-14H2,1-5H3. The first kappa shape index (κ1) is 28.2. The number of aromatic hydroxyl groups is 1. The van der Waals surface area contributed by atoms with E-state index in [9.17, 15) is 19.8 Å². The molecule has 2 atom stereocenters. The van der Waals surface area contributed by atoms with Crippen LogP contribution in [0.3, 0.4) is 0 Å². The Labute approximate surface area is 237 Å². The van der Waals surface area contributed by atoms with Gasteiger partial charge in [0.1, 0.15) is 45.9 Å². The van der Waals surface area contributed by atoms with Crippen LogP contribution in [0.2, 0.25) is 5.02 Å². The van der Waals surface area contributed by atoms with Crippen molar-refractivity contribution < 1.29 is 33.7 Å². The van der Waals surface area contributed by atoms with E-state index >= 15 is 4.39 Å². The SMILES string of the molecule is CC(C)(C)OC(=O)N1CCN2C(=O)c3c(N4CCC(O)C4(C)C)nc(-c4c(O)cccc4F)c(Cl)c3OCC2C1. The van der Waals surface area contributed by atoms with E-state index in [1.165, 1.54) is 18.2 Å². The molecule has 12 heteroatoms. The highest BCUT2D eigenvalue weighted by molar-refractivity contribution is 6.35. The Bertz CT molecular complexity index is 1340.